The van der Waals surface area contributed by atoms with E-state index in [1.807, 2.05) is 6.08 Å². The fraction of sp³-hybridized carbons (Fsp3) is 0.611. The SMILES string of the molecule is C=CCN1CC[C@]23c4c5ccc(OC)c4OC2C(N(CCCCCCc2ccccc2)CC(C)C)CC[C@@]3(O)[C@H]1C5. The molecule has 1 saturated heterocycles. The van der Waals surface area contributed by atoms with Gasteiger partial charge in [-0.05, 0) is 81.1 Å². The second-order valence-corrected chi connectivity index (χ2v) is 13.5. The molecule has 0 aromatic heterocycles. The van der Waals surface area contributed by atoms with Crippen LogP contribution < -0.4 is 9.47 Å². The van der Waals surface area contributed by atoms with Gasteiger partial charge in [-0.2, -0.15) is 0 Å². The van der Waals surface area contributed by atoms with E-state index in [2.05, 4.69) is 72.7 Å². The molecule has 41 heavy (non-hydrogen) atoms. The summed E-state index contributed by atoms with van der Waals surface area (Å²) in [5.41, 5.74) is 2.84. The molecule has 0 amide bonds. The average molecular weight is 559 g/mol. The van der Waals surface area contributed by atoms with Gasteiger partial charge in [-0.1, -0.05) is 69.2 Å². The van der Waals surface area contributed by atoms with E-state index in [9.17, 15) is 5.11 Å². The number of rotatable bonds is 13. The number of methoxy groups -OCH3 is 1. The summed E-state index contributed by atoms with van der Waals surface area (Å²) >= 11 is 0. The second kappa shape index (κ2) is 11.7. The van der Waals surface area contributed by atoms with Crippen LogP contribution in [0.15, 0.2) is 55.1 Å². The Morgan fingerprint density at radius 1 is 1.12 bits per heavy atom. The smallest absolute Gasteiger partial charge is 0.165 e. The van der Waals surface area contributed by atoms with Gasteiger partial charge in [0.15, 0.2) is 11.5 Å². The summed E-state index contributed by atoms with van der Waals surface area (Å²) in [7, 11) is 1.74. The number of aryl methyl sites for hydroxylation is 1. The van der Waals surface area contributed by atoms with Crippen molar-refractivity contribution in [1.82, 2.24) is 9.80 Å². The first-order chi connectivity index (χ1) is 19.9. The van der Waals surface area contributed by atoms with Crippen molar-refractivity contribution >= 4 is 0 Å². The summed E-state index contributed by atoms with van der Waals surface area (Å²) in [6.45, 7) is 12.6. The molecule has 2 unspecified atom stereocenters. The van der Waals surface area contributed by atoms with Crippen LogP contribution in [0.2, 0.25) is 0 Å². The molecule has 5 nitrogen and oxygen atoms in total. The lowest BCUT2D eigenvalue weighted by Crippen LogP contribution is -2.78. The third kappa shape index (κ3) is 4.82. The topological polar surface area (TPSA) is 45.2 Å². The summed E-state index contributed by atoms with van der Waals surface area (Å²) in [4.78, 5) is 5.21. The molecule has 1 spiro atoms. The maximum atomic E-state index is 12.8. The molecule has 0 radical (unpaired) electrons. The van der Waals surface area contributed by atoms with Crippen molar-refractivity contribution in [2.45, 2.75) is 101 Å². The van der Waals surface area contributed by atoms with Gasteiger partial charge < -0.3 is 14.6 Å². The number of nitrogens with zero attached hydrogens (tertiary/aromatic N) is 2. The number of likely N-dealkylation sites (tertiary alicyclic amines) is 1. The number of hydrogen-bond donors (Lipinski definition) is 1. The van der Waals surface area contributed by atoms with Gasteiger partial charge in [0.1, 0.15) is 6.10 Å². The highest BCUT2D eigenvalue weighted by Crippen LogP contribution is 2.66. The van der Waals surface area contributed by atoms with Crippen molar-refractivity contribution < 1.29 is 14.6 Å². The number of benzene rings is 2. The van der Waals surface area contributed by atoms with Gasteiger partial charge in [0.2, 0.25) is 0 Å². The molecule has 2 aliphatic heterocycles. The lowest BCUT2D eigenvalue weighted by Gasteiger charge is -2.65. The Kier molecular flexibility index (Phi) is 8.24. The number of unbranched alkanes of at least 4 members (excludes halogenated alkanes) is 3. The zero-order chi connectivity index (χ0) is 28.6. The minimum atomic E-state index is -0.805. The van der Waals surface area contributed by atoms with Crippen LogP contribution in [0, 0.1) is 5.92 Å². The van der Waals surface area contributed by atoms with E-state index in [0.717, 1.165) is 63.4 Å². The van der Waals surface area contributed by atoms with Gasteiger partial charge in [0, 0.05) is 30.7 Å². The molecular weight excluding hydrogens is 508 g/mol. The van der Waals surface area contributed by atoms with Gasteiger partial charge in [-0.15, -0.1) is 6.58 Å². The molecule has 2 fully saturated rings. The highest BCUT2D eigenvalue weighted by molar-refractivity contribution is 5.63. The Bertz CT molecular complexity index is 1210. The Balaban J connectivity index is 1.24. The first-order valence-electron chi connectivity index (χ1n) is 16.1. The van der Waals surface area contributed by atoms with E-state index in [0.29, 0.717) is 5.92 Å². The predicted octanol–water partition coefficient (Wildman–Crippen LogP) is 6.17. The van der Waals surface area contributed by atoms with Crippen LogP contribution in [0.25, 0.3) is 0 Å². The number of hydrogen-bond acceptors (Lipinski definition) is 5. The molecule has 5 atom stereocenters. The van der Waals surface area contributed by atoms with Gasteiger partial charge in [0.05, 0.1) is 18.1 Å². The number of ether oxygens (including phenoxy) is 2. The van der Waals surface area contributed by atoms with E-state index < -0.39 is 5.60 Å². The van der Waals surface area contributed by atoms with Crippen LogP contribution >= 0.6 is 0 Å². The molecule has 1 saturated carbocycles. The summed E-state index contributed by atoms with van der Waals surface area (Å²) in [5.74, 6) is 2.30. The van der Waals surface area contributed by atoms with E-state index in [-0.39, 0.29) is 23.6 Å². The van der Waals surface area contributed by atoms with Crippen LogP contribution in [0.5, 0.6) is 11.5 Å². The summed E-state index contributed by atoms with van der Waals surface area (Å²) in [6, 6.07) is 15.6. The summed E-state index contributed by atoms with van der Waals surface area (Å²) in [5, 5.41) is 12.8. The molecule has 222 valence electrons. The molecule has 1 N–H and O–H groups in total. The Morgan fingerprint density at radius 3 is 2.68 bits per heavy atom. The fourth-order valence-electron chi connectivity index (χ4n) is 9.02. The first kappa shape index (κ1) is 28.8. The standard InChI is InChI=1S/C36H50N2O3/c1-5-21-37-23-20-35-32-28-16-17-30(40-4)33(32)41-34(35)29(18-19-36(35,39)31(37)24-28)38(25-26(2)3)22-12-7-6-9-13-27-14-10-8-11-15-27/h5,8,10-11,14-17,26,29,31,34,39H,1,6-7,9,12-13,18-25H2,2-4H3/t29?,31-,34?,35+,36-/m1/s1. The molecule has 2 bridgehead atoms. The van der Waals surface area contributed by atoms with Crippen LogP contribution in [-0.4, -0.2) is 72.0 Å². The molecule has 2 heterocycles. The average Bonchev–Trinajstić information content (AvgIpc) is 3.32. The lowest BCUT2D eigenvalue weighted by molar-refractivity contribution is -0.199. The Hall–Kier alpha value is -2.34. The largest absolute Gasteiger partial charge is 0.493 e. The van der Waals surface area contributed by atoms with Gasteiger partial charge >= 0.3 is 0 Å². The minimum Gasteiger partial charge on any atom is -0.493 e. The van der Waals surface area contributed by atoms with Gasteiger partial charge in [-0.3, -0.25) is 9.80 Å². The van der Waals surface area contributed by atoms with Crippen LogP contribution in [0.1, 0.15) is 75.5 Å². The molecule has 6 rings (SSSR count). The quantitative estimate of drug-likeness (QED) is 0.236. The summed E-state index contributed by atoms with van der Waals surface area (Å²) in [6.07, 6.45) is 11.6. The predicted molar refractivity (Wildman–Crippen MR) is 166 cm³/mol. The highest BCUT2D eigenvalue weighted by atomic mass is 16.5. The first-order valence-corrected chi connectivity index (χ1v) is 16.1. The Labute approximate surface area is 247 Å². The van der Waals surface area contributed by atoms with Crippen molar-refractivity contribution in [3.05, 3.63) is 71.8 Å². The monoisotopic (exact) mass is 558 g/mol. The molecule has 2 aliphatic carbocycles. The minimum absolute atomic E-state index is 0.0585. The number of piperidine rings is 1. The second-order valence-electron chi connectivity index (χ2n) is 13.5. The summed E-state index contributed by atoms with van der Waals surface area (Å²) < 4.78 is 12.9. The van der Waals surface area contributed by atoms with Crippen LogP contribution in [-0.2, 0) is 18.3 Å². The van der Waals surface area contributed by atoms with Crippen molar-refractivity contribution in [3.63, 3.8) is 0 Å². The fourth-order valence-corrected chi connectivity index (χ4v) is 9.02. The van der Waals surface area contributed by atoms with E-state index in [1.165, 1.54) is 48.8 Å². The van der Waals surface area contributed by atoms with Crippen molar-refractivity contribution in [1.29, 1.82) is 0 Å². The van der Waals surface area contributed by atoms with E-state index in [1.54, 1.807) is 7.11 Å². The third-order valence-electron chi connectivity index (χ3n) is 10.7. The molecule has 4 aliphatic rings. The zero-order valence-corrected chi connectivity index (χ0v) is 25.5. The molecular formula is C36H50N2O3. The zero-order valence-electron chi connectivity index (χ0n) is 25.5. The van der Waals surface area contributed by atoms with Crippen molar-refractivity contribution in [2.24, 2.45) is 5.92 Å². The highest BCUT2D eigenvalue weighted by Gasteiger charge is 2.73. The van der Waals surface area contributed by atoms with Crippen molar-refractivity contribution in [3.8, 4) is 11.5 Å². The van der Waals surface area contributed by atoms with Crippen LogP contribution in [0.3, 0.4) is 0 Å². The Morgan fingerprint density at radius 2 is 1.93 bits per heavy atom. The van der Waals surface area contributed by atoms with Crippen molar-refractivity contribution in [2.75, 3.05) is 33.3 Å². The maximum absolute atomic E-state index is 12.8. The number of aliphatic hydroxyl groups is 1. The van der Waals surface area contributed by atoms with Gasteiger partial charge in [0.25, 0.3) is 0 Å². The van der Waals surface area contributed by atoms with Crippen LogP contribution in [0.4, 0.5) is 0 Å². The lowest BCUT2D eigenvalue weighted by atomic mass is 9.48. The van der Waals surface area contributed by atoms with E-state index >= 15 is 0 Å². The molecule has 5 heteroatoms. The molecule has 2 aromatic carbocycles. The maximum Gasteiger partial charge on any atom is 0.165 e. The molecule has 2 aromatic rings. The third-order valence-corrected chi connectivity index (χ3v) is 10.7. The van der Waals surface area contributed by atoms with Gasteiger partial charge in [-0.25, -0.2) is 0 Å². The van der Waals surface area contributed by atoms with E-state index in [4.69, 9.17) is 9.47 Å². The normalized spacial score (nSPS) is 29.9.